The van der Waals surface area contributed by atoms with Crippen molar-refractivity contribution < 1.29 is 9.47 Å². The van der Waals surface area contributed by atoms with Gasteiger partial charge in [-0.15, -0.1) is 0 Å². The lowest BCUT2D eigenvalue weighted by molar-refractivity contribution is 0.294. The molecule has 0 aromatic heterocycles. The number of rotatable bonds is 7. The Balaban J connectivity index is 2.01. The maximum Gasteiger partial charge on any atom is 0.191 e. The van der Waals surface area contributed by atoms with E-state index in [1.54, 1.807) is 13.3 Å². The van der Waals surface area contributed by atoms with Gasteiger partial charge < -0.3 is 14.8 Å². The standard InChI is InChI=1S/C18H21N3O2S/c1-3-12-23-17-14(8-7-11-16(17)22-2)13-19-21-18(24)20-15-9-5-4-6-10-15/h4-11,13H,3,12H2,1-2H3,(H2,20,21,24)/b19-13+. The summed E-state index contributed by atoms with van der Waals surface area (Å²) in [6.45, 7) is 2.67. The predicted octanol–water partition coefficient (Wildman–Crippen LogP) is 3.80. The fraction of sp³-hybridized carbons (Fsp3) is 0.222. The van der Waals surface area contributed by atoms with Crippen molar-refractivity contribution in [1.29, 1.82) is 0 Å². The summed E-state index contributed by atoms with van der Waals surface area (Å²) in [6.07, 6.45) is 2.57. The van der Waals surface area contributed by atoms with Crippen LogP contribution in [0, 0.1) is 0 Å². The lowest BCUT2D eigenvalue weighted by atomic mass is 10.2. The summed E-state index contributed by atoms with van der Waals surface area (Å²) in [6, 6.07) is 15.3. The van der Waals surface area contributed by atoms with Crippen LogP contribution >= 0.6 is 12.2 Å². The molecular formula is C18H21N3O2S. The van der Waals surface area contributed by atoms with E-state index in [2.05, 4.69) is 22.8 Å². The number of hydrogen-bond donors (Lipinski definition) is 2. The van der Waals surface area contributed by atoms with Gasteiger partial charge in [0.15, 0.2) is 16.6 Å². The third kappa shape index (κ3) is 5.24. The summed E-state index contributed by atoms with van der Waals surface area (Å²) in [5.41, 5.74) is 4.51. The lowest BCUT2D eigenvalue weighted by Crippen LogP contribution is -2.23. The van der Waals surface area contributed by atoms with E-state index in [0.29, 0.717) is 23.2 Å². The van der Waals surface area contributed by atoms with E-state index in [1.165, 1.54) is 0 Å². The van der Waals surface area contributed by atoms with Crippen molar-refractivity contribution in [3.63, 3.8) is 0 Å². The second-order valence-electron chi connectivity index (χ2n) is 4.92. The molecule has 24 heavy (non-hydrogen) atoms. The van der Waals surface area contributed by atoms with Crippen molar-refractivity contribution in [3.8, 4) is 11.5 Å². The number of para-hydroxylation sites is 2. The summed E-state index contributed by atoms with van der Waals surface area (Å²) in [4.78, 5) is 0. The van der Waals surface area contributed by atoms with Crippen LogP contribution in [0.5, 0.6) is 11.5 Å². The van der Waals surface area contributed by atoms with Crippen molar-refractivity contribution in [1.82, 2.24) is 5.43 Å². The molecule has 2 aromatic carbocycles. The molecule has 0 radical (unpaired) electrons. The van der Waals surface area contributed by atoms with Crippen molar-refractivity contribution in [3.05, 3.63) is 54.1 Å². The molecule has 126 valence electrons. The summed E-state index contributed by atoms with van der Waals surface area (Å²) in [5, 5.41) is 7.63. The Hall–Kier alpha value is -2.60. The Morgan fingerprint density at radius 2 is 1.96 bits per heavy atom. The molecule has 6 heteroatoms. The second-order valence-corrected chi connectivity index (χ2v) is 5.33. The zero-order valence-electron chi connectivity index (χ0n) is 13.8. The molecule has 0 aliphatic heterocycles. The van der Waals surface area contributed by atoms with E-state index < -0.39 is 0 Å². The van der Waals surface area contributed by atoms with Gasteiger partial charge in [-0.2, -0.15) is 5.10 Å². The number of thiocarbonyl (C=S) groups is 1. The Labute approximate surface area is 147 Å². The van der Waals surface area contributed by atoms with Gasteiger partial charge in [0, 0.05) is 11.3 Å². The van der Waals surface area contributed by atoms with Crippen LogP contribution in [0.25, 0.3) is 0 Å². The minimum absolute atomic E-state index is 0.413. The van der Waals surface area contributed by atoms with Gasteiger partial charge in [-0.05, 0) is 42.9 Å². The molecule has 0 atom stereocenters. The van der Waals surface area contributed by atoms with E-state index in [0.717, 1.165) is 17.7 Å². The van der Waals surface area contributed by atoms with Crippen LogP contribution in [0.15, 0.2) is 53.6 Å². The second kappa shape index (κ2) is 9.52. The quantitative estimate of drug-likeness (QED) is 0.455. The van der Waals surface area contributed by atoms with Crippen molar-refractivity contribution in [2.24, 2.45) is 5.10 Å². The lowest BCUT2D eigenvalue weighted by Gasteiger charge is -2.12. The highest BCUT2D eigenvalue weighted by Gasteiger charge is 2.08. The molecule has 2 aromatic rings. The van der Waals surface area contributed by atoms with Gasteiger partial charge in [-0.1, -0.05) is 31.2 Å². The fourth-order valence-corrected chi connectivity index (χ4v) is 2.17. The molecular weight excluding hydrogens is 322 g/mol. The van der Waals surface area contributed by atoms with Crippen LogP contribution in [0.2, 0.25) is 0 Å². The molecule has 0 aliphatic carbocycles. The average Bonchev–Trinajstić information content (AvgIpc) is 2.61. The van der Waals surface area contributed by atoms with Gasteiger partial charge in [0.05, 0.1) is 19.9 Å². The largest absolute Gasteiger partial charge is 0.493 e. The maximum absolute atomic E-state index is 5.77. The molecule has 0 fully saturated rings. The molecule has 5 nitrogen and oxygen atoms in total. The summed E-state index contributed by atoms with van der Waals surface area (Å²) >= 11 is 5.21. The van der Waals surface area contributed by atoms with Gasteiger partial charge in [-0.3, -0.25) is 5.43 Å². The number of nitrogens with one attached hydrogen (secondary N) is 2. The number of nitrogens with zero attached hydrogens (tertiary/aromatic N) is 1. The molecule has 0 saturated carbocycles. The molecule has 0 unspecified atom stereocenters. The van der Waals surface area contributed by atoms with E-state index in [-0.39, 0.29) is 0 Å². The number of ether oxygens (including phenoxy) is 2. The number of hydrazone groups is 1. The average molecular weight is 343 g/mol. The van der Waals surface area contributed by atoms with Crippen LogP contribution in [0.1, 0.15) is 18.9 Å². The molecule has 2 rings (SSSR count). The Morgan fingerprint density at radius 3 is 2.67 bits per heavy atom. The Kier molecular flexibility index (Phi) is 7.04. The van der Waals surface area contributed by atoms with Crippen LogP contribution in [-0.2, 0) is 0 Å². The summed E-state index contributed by atoms with van der Waals surface area (Å²) in [5.74, 6) is 1.35. The maximum atomic E-state index is 5.77. The minimum atomic E-state index is 0.413. The van der Waals surface area contributed by atoms with Gasteiger partial charge in [-0.25, -0.2) is 0 Å². The molecule has 0 amide bonds. The summed E-state index contributed by atoms with van der Waals surface area (Å²) < 4.78 is 11.1. The van der Waals surface area contributed by atoms with Crippen LogP contribution in [-0.4, -0.2) is 25.0 Å². The van der Waals surface area contributed by atoms with Crippen molar-refractivity contribution >= 4 is 29.2 Å². The van der Waals surface area contributed by atoms with Crippen LogP contribution in [0.3, 0.4) is 0 Å². The fourth-order valence-electron chi connectivity index (χ4n) is 1.99. The van der Waals surface area contributed by atoms with E-state index in [1.807, 2.05) is 48.5 Å². The molecule has 2 N–H and O–H groups in total. The van der Waals surface area contributed by atoms with Gasteiger partial charge >= 0.3 is 0 Å². The molecule has 0 saturated heterocycles. The number of benzene rings is 2. The highest BCUT2D eigenvalue weighted by atomic mass is 32.1. The predicted molar refractivity (Wildman–Crippen MR) is 102 cm³/mol. The highest BCUT2D eigenvalue weighted by Crippen LogP contribution is 2.30. The van der Waals surface area contributed by atoms with Gasteiger partial charge in [0.2, 0.25) is 0 Å². The Bertz CT molecular complexity index is 690. The van der Waals surface area contributed by atoms with Crippen LogP contribution < -0.4 is 20.2 Å². The van der Waals surface area contributed by atoms with Crippen LogP contribution in [0.4, 0.5) is 5.69 Å². The molecule has 0 bridgehead atoms. The van der Waals surface area contributed by atoms with Gasteiger partial charge in [0.1, 0.15) is 0 Å². The molecule has 0 heterocycles. The normalized spacial score (nSPS) is 10.4. The minimum Gasteiger partial charge on any atom is -0.493 e. The smallest absolute Gasteiger partial charge is 0.191 e. The van der Waals surface area contributed by atoms with E-state index >= 15 is 0 Å². The molecule has 0 spiro atoms. The first-order valence-corrected chi connectivity index (χ1v) is 8.10. The first kappa shape index (κ1) is 17.7. The summed E-state index contributed by atoms with van der Waals surface area (Å²) in [7, 11) is 1.62. The molecule has 0 aliphatic rings. The van der Waals surface area contributed by atoms with E-state index in [9.17, 15) is 0 Å². The SMILES string of the molecule is CCCOc1c(/C=N/NC(=S)Nc2ccccc2)cccc1OC. The highest BCUT2D eigenvalue weighted by molar-refractivity contribution is 7.80. The number of methoxy groups -OCH3 is 1. The zero-order valence-corrected chi connectivity index (χ0v) is 14.6. The number of hydrogen-bond acceptors (Lipinski definition) is 4. The van der Waals surface area contributed by atoms with Crippen molar-refractivity contribution in [2.45, 2.75) is 13.3 Å². The third-order valence-electron chi connectivity index (χ3n) is 3.08. The van der Waals surface area contributed by atoms with Crippen molar-refractivity contribution in [2.75, 3.05) is 19.0 Å². The first-order valence-electron chi connectivity index (χ1n) is 7.69. The zero-order chi connectivity index (χ0) is 17.2. The monoisotopic (exact) mass is 343 g/mol. The number of anilines is 1. The van der Waals surface area contributed by atoms with E-state index in [4.69, 9.17) is 21.7 Å². The topological polar surface area (TPSA) is 54.9 Å². The van der Waals surface area contributed by atoms with Gasteiger partial charge in [0.25, 0.3) is 0 Å². The first-order chi connectivity index (χ1) is 11.7. The third-order valence-corrected chi connectivity index (χ3v) is 3.27. The Morgan fingerprint density at radius 1 is 1.17 bits per heavy atom.